The van der Waals surface area contributed by atoms with Crippen LogP contribution in [0.2, 0.25) is 13.1 Å². The molecule has 0 aromatic carbocycles. The van der Waals surface area contributed by atoms with Crippen LogP contribution in [-0.2, 0) is 0 Å². The van der Waals surface area contributed by atoms with E-state index in [1.807, 2.05) is 10.5 Å². The molecular weight excluding hydrogens is 96.2 g/mol. The van der Waals surface area contributed by atoms with Crippen LogP contribution in [0.15, 0.2) is 0 Å². The van der Waals surface area contributed by atoms with Gasteiger partial charge < -0.3 is 4.80 Å². The Morgan fingerprint density at radius 2 is 1.40 bits per heavy atom. The molecule has 29 valence electrons. The van der Waals surface area contributed by atoms with Gasteiger partial charge in [-0.1, -0.05) is 13.1 Å². The van der Waals surface area contributed by atoms with E-state index in [9.17, 15) is 0 Å². The molecule has 5 radical (unpaired) electrons. The topological polar surface area (TPSA) is 20.2 Å². The molecule has 5 heavy (non-hydrogen) atoms. The Kier molecular flexibility index (Phi) is 47.1. The molecule has 0 aromatic rings. The maximum Gasteiger partial charge on any atom is 0.240 e. The molecule has 0 aliphatic heterocycles. The van der Waals surface area contributed by atoms with E-state index in [1.54, 1.807) is 0 Å². The minimum absolute atomic E-state index is 1.08. The summed E-state index contributed by atoms with van der Waals surface area (Å²) in [4.78, 5) is 6.81. The highest BCUT2D eigenvalue weighted by Gasteiger charge is 1.39. The maximum atomic E-state index is 6.81. The van der Waals surface area contributed by atoms with Crippen molar-refractivity contribution in [3.8, 4) is 0 Å². The predicted octanol–water partition coefficient (Wildman–Crippen LogP) is -0.151. The first-order valence-corrected chi connectivity index (χ1v) is 3.67. The second-order valence-electron chi connectivity index (χ2n) is 0.500. The Morgan fingerprint density at radius 3 is 1.40 bits per heavy atom. The third-order valence-electron chi connectivity index (χ3n) is 0. The standard InChI is InChI=1S/C2H6Si.HOSi/c1-3-2;1-2/h1-2H3;1H. The Hall–Kier alpha value is 0.394. The summed E-state index contributed by atoms with van der Waals surface area (Å²) in [6.45, 7) is 4.31. The van der Waals surface area contributed by atoms with Crippen LogP contribution in [0.1, 0.15) is 0 Å². The van der Waals surface area contributed by atoms with Gasteiger partial charge in [0.15, 0.2) is 0 Å². The molecular formula is C2H7OSi2. The highest BCUT2D eigenvalue weighted by molar-refractivity contribution is 6.31. The van der Waals surface area contributed by atoms with Crippen LogP contribution in [0, 0.1) is 0 Å². The Balaban J connectivity index is 0. The minimum atomic E-state index is 1.08. The van der Waals surface area contributed by atoms with Crippen LogP contribution >= 0.6 is 0 Å². The van der Waals surface area contributed by atoms with Gasteiger partial charge in [-0.15, -0.1) is 0 Å². The van der Waals surface area contributed by atoms with Crippen LogP contribution in [-0.4, -0.2) is 24.8 Å². The van der Waals surface area contributed by atoms with Crippen molar-refractivity contribution in [3.63, 3.8) is 0 Å². The largest absolute Gasteiger partial charge is 0.433 e. The van der Waals surface area contributed by atoms with Crippen molar-refractivity contribution < 1.29 is 4.80 Å². The molecule has 0 unspecified atom stereocenters. The Labute approximate surface area is 38.8 Å². The molecule has 0 saturated heterocycles. The lowest BCUT2D eigenvalue weighted by Gasteiger charge is -1.44. The van der Waals surface area contributed by atoms with Gasteiger partial charge in [-0.05, 0) is 0 Å². The average Bonchev–Trinajstić information content (AvgIpc) is 1.46. The molecule has 0 aliphatic carbocycles. The van der Waals surface area contributed by atoms with Gasteiger partial charge in [0.2, 0.25) is 10.5 Å². The van der Waals surface area contributed by atoms with Gasteiger partial charge in [0.05, 0.1) is 0 Å². The summed E-state index contributed by atoms with van der Waals surface area (Å²) in [6.07, 6.45) is 0. The van der Waals surface area contributed by atoms with Crippen molar-refractivity contribution in [3.05, 3.63) is 0 Å². The summed E-state index contributed by atoms with van der Waals surface area (Å²) in [6, 6.07) is 0. The van der Waals surface area contributed by atoms with E-state index in [4.69, 9.17) is 4.80 Å². The van der Waals surface area contributed by atoms with Gasteiger partial charge in [0.1, 0.15) is 0 Å². The first-order chi connectivity index (χ1) is 2.41. The quantitative estimate of drug-likeness (QED) is 0.423. The van der Waals surface area contributed by atoms with Crippen LogP contribution in [0.3, 0.4) is 0 Å². The molecule has 0 bridgehead atoms. The smallest absolute Gasteiger partial charge is 0.240 e. The summed E-state index contributed by atoms with van der Waals surface area (Å²) >= 11 is 0. The van der Waals surface area contributed by atoms with E-state index in [0.717, 1.165) is 9.52 Å². The highest BCUT2D eigenvalue weighted by Crippen LogP contribution is 1.36. The lowest BCUT2D eigenvalue weighted by molar-refractivity contribution is 0.629. The third kappa shape index (κ3) is 162. The van der Waals surface area contributed by atoms with Crippen LogP contribution in [0.4, 0.5) is 0 Å². The fourth-order valence-electron chi connectivity index (χ4n) is 0. The van der Waals surface area contributed by atoms with E-state index in [2.05, 4.69) is 13.1 Å². The monoisotopic (exact) mass is 103 g/mol. The molecule has 0 aromatic heterocycles. The average molecular weight is 103 g/mol. The lowest BCUT2D eigenvalue weighted by atomic mass is 11.9. The predicted molar refractivity (Wildman–Crippen MR) is 25.5 cm³/mol. The Bertz CT molecular complexity index is 7.61. The molecule has 0 aliphatic rings. The third-order valence-corrected chi connectivity index (χ3v) is 0. The summed E-state index contributed by atoms with van der Waals surface area (Å²) in [5.74, 6) is 0. The van der Waals surface area contributed by atoms with Gasteiger partial charge in [0.25, 0.3) is 0 Å². The highest BCUT2D eigenvalue weighted by atomic mass is 28.2. The lowest BCUT2D eigenvalue weighted by Crippen LogP contribution is -1.53. The zero-order chi connectivity index (χ0) is 4.71. The van der Waals surface area contributed by atoms with Crippen molar-refractivity contribution in [2.24, 2.45) is 0 Å². The normalized spacial score (nSPS) is 4.80. The molecule has 0 atom stereocenters. The molecule has 0 rings (SSSR count). The van der Waals surface area contributed by atoms with Crippen molar-refractivity contribution in [1.82, 2.24) is 0 Å². The zero-order valence-electron chi connectivity index (χ0n) is 3.45. The minimum Gasteiger partial charge on any atom is -0.433 e. The number of hydrogen-bond acceptors (Lipinski definition) is 1. The van der Waals surface area contributed by atoms with Gasteiger partial charge in [-0.2, -0.15) is 0 Å². The summed E-state index contributed by atoms with van der Waals surface area (Å²) in [7, 11) is 3.06. The molecule has 1 nitrogen and oxygen atoms in total. The van der Waals surface area contributed by atoms with Gasteiger partial charge in [-0.3, -0.25) is 0 Å². The molecule has 0 heterocycles. The molecule has 0 saturated carbocycles. The number of rotatable bonds is 0. The van der Waals surface area contributed by atoms with E-state index >= 15 is 0 Å². The van der Waals surface area contributed by atoms with Gasteiger partial charge in [-0.25, -0.2) is 0 Å². The summed E-state index contributed by atoms with van der Waals surface area (Å²) in [5.41, 5.74) is 0. The van der Waals surface area contributed by atoms with Crippen molar-refractivity contribution in [2.45, 2.75) is 13.1 Å². The summed E-state index contributed by atoms with van der Waals surface area (Å²) in [5, 5.41) is 0. The van der Waals surface area contributed by atoms with Crippen LogP contribution in [0.5, 0.6) is 0 Å². The molecule has 0 fully saturated rings. The van der Waals surface area contributed by atoms with Gasteiger partial charge >= 0.3 is 0 Å². The van der Waals surface area contributed by atoms with Crippen LogP contribution < -0.4 is 0 Å². The molecule has 1 N–H and O–H groups in total. The molecule has 0 spiro atoms. The molecule has 3 heteroatoms. The second-order valence-corrected chi connectivity index (χ2v) is 1.50. The second kappa shape index (κ2) is 26.1. The van der Waals surface area contributed by atoms with Gasteiger partial charge in [0, 0.05) is 9.52 Å². The first kappa shape index (κ1) is 9.04. The Morgan fingerprint density at radius 1 is 1.40 bits per heavy atom. The van der Waals surface area contributed by atoms with Crippen molar-refractivity contribution in [1.29, 1.82) is 0 Å². The molecule has 0 amide bonds. The van der Waals surface area contributed by atoms with E-state index < -0.39 is 0 Å². The van der Waals surface area contributed by atoms with Crippen molar-refractivity contribution in [2.75, 3.05) is 0 Å². The fourth-order valence-corrected chi connectivity index (χ4v) is 0. The fraction of sp³-hybridized carbons (Fsp3) is 1.00. The van der Waals surface area contributed by atoms with E-state index in [0.29, 0.717) is 0 Å². The summed E-state index contributed by atoms with van der Waals surface area (Å²) < 4.78 is 0. The SMILES string of the molecule is C[Si]C.O[Si]. The first-order valence-electron chi connectivity index (χ1n) is 1.22. The van der Waals surface area contributed by atoms with Crippen LogP contribution in [0.25, 0.3) is 0 Å². The van der Waals surface area contributed by atoms with E-state index in [1.165, 1.54) is 0 Å². The maximum absolute atomic E-state index is 6.81. The van der Waals surface area contributed by atoms with Crippen molar-refractivity contribution >= 4 is 20.0 Å². The van der Waals surface area contributed by atoms with E-state index in [-0.39, 0.29) is 0 Å². The zero-order valence-corrected chi connectivity index (χ0v) is 5.45. The number of hydrogen-bond donors (Lipinski definition) is 1.